The highest BCUT2D eigenvalue weighted by Crippen LogP contribution is 2.37. The zero-order chi connectivity index (χ0) is 10.7. The molecule has 0 amide bonds. The smallest absolute Gasteiger partial charge is 0.0600 e. The minimum atomic E-state index is 0.587. The van der Waals surface area contributed by atoms with Crippen molar-refractivity contribution in [3.05, 3.63) is 0 Å². The number of rotatable bonds is 1. The first-order chi connectivity index (χ1) is 7.17. The van der Waals surface area contributed by atoms with Crippen LogP contribution in [0.2, 0.25) is 0 Å². The van der Waals surface area contributed by atoms with Crippen molar-refractivity contribution in [2.24, 2.45) is 11.3 Å². The summed E-state index contributed by atoms with van der Waals surface area (Å²) in [6.07, 6.45) is 8.93. The summed E-state index contributed by atoms with van der Waals surface area (Å²) in [5, 5.41) is 7.27. The molecule has 2 N–H and O–H groups in total. The summed E-state index contributed by atoms with van der Waals surface area (Å²) < 4.78 is 0. The van der Waals surface area contributed by atoms with E-state index in [-0.39, 0.29) is 0 Å². The standard InChI is InChI=1S/C13H26N2/c1-13(2)7-3-5-11(6-8-13)12-14-9-4-10-15-12/h11-12,14-15H,3-10H2,1-2H3. The van der Waals surface area contributed by atoms with Crippen molar-refractivity contribution in [2.45, 2.75) is 58.5 Å². The molecule has 1 saturated heterocycles. The van der Waals surface area contributed by atoms with Gasteiger partial charge in [-0.25, -0.2) is 0 Å². The van der Waals surface area contributed by atoms with Crippen LogP contribution in [0.15, 0.2) is 0 Å². The summed E-state index contributed by atoms with van der Waals surface area (Å²) in [6.45, 7) is 7.27. The van der Waals surface area contributed by atoms with Crippen LogP contribution in [-0.2, 0) is 0 Å². The second kappa shape index (κ2) is 4.84. The molecule has 0 aromatic heterocycles. The Kier molecular flexibility index (Phi) is 3.68. The molecule has 2 fully saturated rings. The fourth-order valence-electron chi connectivity index (χ4n) is 3.03. The first-order valence-electron chi connectivity index (χ1n) is 6.64. The monoisotopic (exact) mass is 210 g/mol. The maximum absolute atomic E-state index is 3.63. The number of hydrogen-bond acceptors (Lipinski definition) is 2. The van der Waals surface area contributed by atoms with Crippen molar-refractivity contribution in [1.82, 2.24) is 10.6 Å². The van der Waals surface area contributed by atoms with Gasteiger partial charge in [-0.3, -0.25) is 0 Å². The molecule has 2 aliphatic rings. The van der Waals surface area contributed by atoms with Gasteiger partial charge in [-0.1, -0.05) is 20.3 Å². The van der Waals surface area contributed by atoms with E-state index in [1.165, 1.54) is 51.6 Å². The molecule has 1 aliphatic carbocycles. The summed E-state index contributed by atoms with van der Waals surface area (Å²) in [5.41, 5.74) is 0.587. The molecule has 88 valence electrons. The molecule has 1 aliphatic heterocycles. The van der Waals surface area contributed by atoms with Crippen molar-refractivity contribution in [2.75, 3.05) is 13.1 Å². The van der Waals surface area contributed by atoms with E-state index in [1.807, 2.05) is 0 Å². The van der Waals surface area contributed by atoms with Gasteiger partial charge < -0.3 is 10.6 Å². The predicted octanol–water partition coefficient (Wildman–Crippen LogP) is 2.50. The van der Waals surface area contributed by atoms with Crippen LogP contribution in [0.4, 0.5) is 0 Å². The molecule has 0 bridgehead atoms. The van der Waals surface area contributed by atoms with Gasteiger partial charge in [-0.15, -0.1) is 0 Å². The molecule has 0 spiro atoms. The molecule has 1 atom stereocenters. The van der Waals surface area contributed by atoms with Gasteiger partial charge >= 0.3 is 0 Å². The van der Waals surface area contributed by atoms with E-state index >= 15 is 0 Å². The Hall–Kier alpha value is -0.0800. The average Bonchev–Trinajstić information content (AvgIpc) is 2.41. The van der Waals surface area contributed by atoms with Crippen molar-refractivity contribution in [3.63, 3.8) is 0 Å². The second-order valence-electron chi connectivity index (χ2n) is 6.09. The molecule has 2 nitrogen and oxygen atoms in total. The van der Waals surface area contributed by atoms with E-state index in [1.54, 1.807) is 0 Å². The van der Waals surface area contributed by atoms with E-state index in [9.17, 15) is 0 Å². The largest absolute Gasteiger partial charge is 0.302 e. The summed E-state index contributed by atoms with van der Waals surface area (Å²) >= 11 is 0. The molecule has 2 rings (SSSR count). The minimum Gasteiger partial charge on any atom is -0.302 e. The van der Waals surface area contributed by atoms with Crippen LogP contribution in [-0.4, -0.2) is 19.3 Å². The van der Waals surface area contributed by atoms with Crippen molar-refractivity contribution in [1.29, 1.82) is 0 Å². The SMILES string of the molecule is CC1(C)CCCC(C2NCCCN2)CC1. The third-order valence-corrected chi connectivity index (χ3v) is 4.17. The van der Waals surface area contributed by atoms with E-state index in [0.717, 1.165) is 5.92 Å². The van der Waals surface area contributed by atoms with Gasteiger partial charge in [0.15, 0.2) is 0 Å². The molecule has 15 heavy (non-hydrogen) atoms. The van der Waals surface area contributed by atoms with Gasteiger partial charge in [0.05, 0.1) is 6.17 Å². The van der Waals surface area contributed by atoms with E-state index in [0.29, 0.717) is 11.6 Å². The lowest BCUT2D eigenvalue weighted by molar-refractivity contribution is 0.237. The van der Waals surface area contributed by atoms with Crippen molar-refractivity contribution in [3.8, 4) is 0 Å². The second-order valence-corrected chi connectivity index (χ2v) is 6.09. The average molecular weight is 210 g/mol. The number of hydrogen-bond donors (Lipinski definition) is 2. The highest BCUT2D eigenvalue weighted by Gasteiger charge is 2.29. The van der Waals surface area contributed by atoms with Gasteiger partial charge in [-0.2, -0.15) is 0 Å². The lowest BCUT2D eigenvalue weighted by Crippen LogP contribution is -2.52. The molecular formula is C13H26N2. The van der Waals surface area contributed by atoms with Crippen LogP contribution in [0, 0.1) is 11.3 Å². The molecule has 0 radical (unpaired) electrons. The topological polar surface area (TPSA) is 24.1 Å². The minimum absolute atomic E-state index is 0.587. The van der Waals surface area contributed by atoms with Crippen LogP contribution < -0.4 is 10.6 Å². The highest BCUT2D eigenvalue weighted by atomic mass is 15.1. The zero-order valence-corrected chi connectivity index (χ0v) is 10.3. The van der Waals surface area contributed by atoms with Gasteiger partial charge in [0.25, 0.3) is 0 Å². The van der Waals surface area contributed by atoms with E-state index < -0.39 is 0 Å². The Balaban J connectivity index is 1.87. The lowest BCUT2D eigenvalue weighted by atomic mass is 9.84. The Labute approximate surface area is 94.2 Å². The quantitative estimate of drug-likeness (QED) is 0.650. The van der Waals surface area contributed by atoms with Crippen molar-refractivity contribution >= 4 is 0 Å². The molecule has 1 unspecified atom stereocenters. The third kappa shape index (κ3) is 3.18. The molecule has 2 heteroatoms. The fourth-order valence-corrected chi connectivity index (χ4v) is 3.03. The normalized spacial score (nSPS) is 33.6. The molecule has 1 saturated carbocycles. The van der Waals surface area contributed by atoms with Crippen LogP contribution in [0.5, 0.6) is 0 Å². The maximum atomic E-state index is 3.63. The summed E-state index contributed by atoms with van der Waals surface area (Å²) in [6, 6.07) is 0. The van der Waals surface area contributed by atoms with Gasteiger partial charge in [0.1, 0.15) is 0 Å². The maximum Gasteiger partial charge on any atom is 0.0600 e. The van der Waals surface area contributed by atoms with Crippen LogP contribution in [0.25, 0.3) is 0 Å². The van der Waals surface area contributed by atoms with Gasteiger partial charge in [-0.05, 0) is 56.5 Å². The lowest BCUT2D eigenvalue weighted by Gasteiger charge is -2.32. The van der Waals surface area contributed by atoms with E-state index in [4.69, 9.17) is 0 Å². The predicted molar refractivity (Wildman–Crippen MR) is 64.8 cm³/mol. The molecule has 0 aromatic rings. The number of nitrogens with one attached hydrogen (secondary N) is 2. The Bertz CT molecular complexity index is 195. The summed E-state index contributed by atoms with van der Waals surface area (Å²) in [7, 11) is 0. The molecule has 1 heterocycles. The van der Waals surface area contributed by atoms with Crippen LogP contribution in [0.1, 0.15) is 52.4 Å². The summed E-state index contributed by atoms with van der Waals surface area (Å²) in [5.74, 6) is 0.868. The Morgan fingerprint density at radius 3 is 2.40 bits per heavy atom. The third-order valence-electron chi connectivity index (χ3n) is 4.17. The zero-order valence-electron chi connectivity index (χ0n) is 10.3. The first-order valence-corrected chi connectivity index (χ1v) is 6.64. The highest BCUT2D eigenvalue weighted by molar-refractivity contribution is 4.83. The fraction of sp³-hybridized carbons (Fsp3) is 1.00. The Morgan fingerprint density at radius 1 is 0.933 bits per heavy atom. The molecule has 0 aromatic carbocycles. The van der Waals surface area contributed by atoms with Gasteiger partial charge in [0.2, 0.25) is 0 Å². The van der Waals surface area contributed by atoms with Crippen molar-refractivity contribution < 1.29 is 0 Å². The van der Waals surface area contributed by atoms with Crippen LogP contribution >= 0.6 is 0 Å². The summed E-state index contributed by atoms with van der Waals surface area (Å²) in [4.78, 5) is 0. The van der Waals surface area contributed by atoms with E-state index in [2.05, 4.69) is 24.5 Å². The van der Waals surface area contributed by atoms with Crippen LogP contribution in [0.3, 0.4) is 0 Å². The van der Waals surface area contributed by atoms with Gasteiger partial charge in [0, 0.05) is 0 Å². The molecular weight excluding hydrogens is 184 g/mol. The first kappa shape index (κ1) is 11.4. The Morgan fingerprint density at radius 2 is 1.67 bits per heavy atom.